The first-order valence-electron chi connectivity index (χ1n) is 14.5. The van der Waals surface area contributed by atoms with Gasteiger partial charge in [0.2, 0.25) is 5.91 Å². The molecular formula is C33H33ClN4O4. The van der Waals surface area contributed by atoms with Gasteiger partial charge >= 0.3 is 11.7 Å². The Morgan fingerprint density at radius 2 is 1.55 bits per heavy atom. The van der Waals surface area contributed by atoms with E-state index < -0.39 is 11.5 Å². The van der Waals surface area contributed by atoms with E-state index in [1.54, 1.807) is 17.6 Å². The third-order valence-electron chi connectivity index (χ3n) is 9.57. The SMILES string of the molecule is COC(=O)c1cccc(C2(n3c(=O)n(-c4ccc(N5CC6(CCN(C(C)=O)CC6)C5)cc4)c4cc(Cl)ccc43)CC2)c1. The predicted octanol–water partition coefficient (Wildman–Crippen LogP) is 5.22. The molecule has 1 aliphatic carbocycles. The fourth-order valence-corrected chi connectivity index (χ4v) is 7.18. The van der Waals surface area contributed by atoms with Crippen LogP contribution in [-0.2, 0) is 15.1 Å². The number of ether oxygens (including phenoxy) is 1. The quantitative estimate of drug-likeness (QED) is 0.301. The maximum Gasteiger partial charge on any atom is 0.337 e. The third-order valence-corrected chi connectivity index (χ3v) is 9.80. The first kappa shape index (κ1) is 26.8. The van der Waals surface area contributed by atoms with Gasteiger partial charge in [-0.2, -0.15) is 0 Å². The Morgan fingerprint density at radius 3 is 2.19 bits per heavy atom. The number of carbonyl (C=O) groups is 2. The van der Waals surface area contributed by atoms with Crippen molar-refractivity contribution in [1.29, 1.82) is 0 Å². The number of piperidine rings is 1. The van der Waals surface area contributed by atoms with Crippen molar-refractivity contribution >= 4 is 40.2 Å². The maximum absolute atomic E-state index is 14.3. The molecule has 3 fully saturated rings. The molecule has 9 heteroatoms. The number of fused-ring (bicyclic) bond motifs is 1. The van der Waals surface area contributed by atoms with Crippen molar-refractivity contribution in [2.75, 3.05) is 38.2 Å². The van der Waals surface area contributed by atoms with Gasteiger partial charge in [0.25, 0.3) is 0 Å². The summed E-state index contributed by atoms with van der Waals surface area (Å²) in [6.45, 7) is 5.30. The lowest BCUT2D eigenvalue weighted by molar-refractivity contribution is -0.131. The van der Waals surface area contributed by atoms with Crippen molar-refractivity contribution in [3.05, 3.63) is 93.4 Å². The van der Waals surface area contributed by atoms with Crippen LogP contribution >= 0.6 is 11.6 Å². The number of likely N-dealkylation sites (tertiary alicyclic amines) is 1. The number of halogens is 1. The number of methoxy groups -OCH3 is 1. The summed E-state index contributed by atoms with van der Waals surface area (Å²) in [5.74, 6) is -0.235. The second-order valence-electron chi connectivity index (χ2n) is 12.1. The van der Waals surface area contributed by atoms with Gasteiger partial charge in [0.1, 0.15) is 0 Å². The summed E-state index contributed by atoms with van der Waals surface area (Å²) in [4.78, 5) is 42.6. The zero-order chi connectivity index (χ0) is 29.2. The Labute approximate surface area is 249 Å². The number of amides is 1. The average molecular weight is 585 g/mol. The van der Waals surface area contributed by atoms with Crippen LogP contribution in [0.1, 0.15) is 48.5 Å². The highest BCUT2D eigenvalue weighted by atomic mass is 35.5. The highest BCUT2D eigenvalue weighted by molar-refractivity contribution is 6.31. The molecular weight excluding hydrogens is 552 g/mol. The van der Waals surface area contributed by atoms with E-state index in [2.05, 4.69) is 17.0 Å². The Balaban J connectivity index is 1.21. The van der Waals surface area contributed by atoms with Crippen molar-refractivity contribution in [1.82, 2.24) is 14.0 Å². The molecule has 0 unspecified atom stereocenters. The van der Waals surface area contributed by atoms with Crippen LogP contribution in [0.3, 0.4) is 0 Å². The standard InChI is InChI=1S/C33H33ClN4O4/c1-22(39)35-16-14-32(15-17-35)20-36(21-32)26-7-9-27(10-8-26)37-29-19-25(34)6-11-28(29)38(31(37)41)33(12-13-33)24-5-3-4-23(18-24)30(40)42-2/h3-11,18-19H,12-17,20-21H2,1-2H3. The molecule has 1 saturated carbocycles. The molecule has 2 aliphatic heterocycles. The van der Waals surface area contributed by atoms with E-state index in [9.17, 15) is 14.4 Å². The van der Waals surface area contributed by atoms with Crippen molar-refractivity contribution in [3.8, 4) is 5.69 Å². The van der Waals surface area contributed by atoms with Crippen LogP contribution in [0.4, 0.5) is 5.69 Å². The number of aromatic nitrogens is 2. The van der Waals surface area contributed by atoms with E-state index in [0.717, 1.165) is 79.8 Å². The van der Waals surface area contributed by atoms with Crippen LogP contribution in [0, 0.1) is 5.41 Å². The van der Waals surface area contributed by atoms with Crippen LogP contribution in [0.2, 0.25) is 5.02 Å². The average Bonchev–Trinajstić information content (AvgIpc) is 3.73. The van der Waals surface area contributed by atoms with Gasteiger partial charge in [0.15, 0.2) is 0 Å². The molecule has 0 bridgehead atoms. The van der Waals surface area contributed by atoms with Crippen LogP contribution in [0.5, 0.6) is 0 Å². The maximum atomic E-state index is 14.3. The summed E-state index contributed by atoms with van der Waals surface area (Å²) in [5.41, 5.74) is 4.45. The predicted molar refractivity (Wildman–Crippen MR) is 163 cm³/mol. The number of carbonyl (C=O) groups excluding carboxylic acids is 2. The summed E-state index contributed by atoms with van der Waals surface area (Å²) in [6.07, 6.45) is 3.67. The van der Waals surface area contributed by atoms with Crippen LogP contribution in [0.25, 0.3) is 16.7 Å². The van der Waals surface area contributed by atoms with E-state index in [0.29, 0.717) is 10.6 Å². The van der Waals surface area contributed by atoms with Gasteiger partial charge in [0.05, 0.1) is 34.9 Å². The van der Waals surface area contributed by atoms with Gasteiger partial charge < -0.3 is 14.5 Å². The molecule has 1 spiro atoms. The van der Waals surface area contributed by atoms with Crippen molar-refractivity contribution in [2.45, 2.75) is 38.1 Å². The molecule has 42 heavy (non-hydrogen) atoms. The van der Waals surface area contributed by atoms with Gasteiger partial charge in [-0.3, -0.25) is 13.9 Å². The molecule has 4 aromatic rings. The molecule has 0 radical (unpaired) electrons. The number of hydrogen-bond donors (Lipinski definition) is 0. The van der Waals surface area contributed by atoms with Crippen molar-refractivity contribution < 1.29 is 14.3 Å². The number of esters is 1. The first-order valence-corrected chi connectivity index (χ1v) is 14.8. The minimum atomic E-state index is -0.539. The minimum Gasteiger partial charge on any atom is -0.465 e. The summed E-state index contributed by atoms with van der Waals surface area (Å²) in [7, 11) is 1.37. The van der Waals surface area contributed by atoms with E-state index in [1.807, 2.05) is 58.0 Å². The van der Waals surface area contributed by atoms with Crippen molar-refractivity contribution in [3.63, 3.8) is 0 Å². The molecule has 0 atom stereocenters. The second-order valence-corrected chi connectivity index (χ2v) is 12.5. The zero-order valence-electron chi connectivity index (χ0n) is 23.8. The summed E-state index contributed by atoms with van der Waals surface area (Å²) >= 11 is 6.44. The summed E-state index contributed by atoms with van der Waals surface area (Å²) in [5, 5.41) is 0.559. The minimum absolute atomic E-state index is 0.138. The number of rotatable bonds is 5. The van der Waals surface area contributed by atoms with Gasteiger partial charge in [-0.25, -0.2) is 9.59 Å². The number of hydrogen-bond acceptors (Lipinski definition) is 5. The molecule has 3 aromatic carbocycles. The molecule has 3 heterocycles. The number of anilines is 1. The van der Waals surface area contributed by atoms with Crippen LogP contribution in [0.15, 0.2) is 71.5 Å². The number of benzene rings is 3. The molecule has 1 aromatic heterocycles. The van der Waals surface area contributed by atoms with Crippen molar-refractivity contribution in [2.24, 2.45) is 5.41 Å². The van der Waals surface area contributed by atoms with E-state index >= 15 is 0 Å². The Kier molecular flexibility index (Phi) is 6.24. The number of imidazole rings is 1. The smallest absolute Gasteiger partial charge is 0.337 e. The second kappa shape index (κ2) is 9.76. The molecule has 2 saturated heterocycles. The topological polar surface area (TPSA) is 76.8 Å². The molecule has 1 amide bonds. The summed E-state index contributed by atoms with van der Waals surface area (Å²) in [6, 6.07) is 21.1. The molecule has 0 N–H and O–H groups in total. The molecule has 3 aliphatic rings. The highest BCUT2D eigenvalue weighted by Gasteiger charge is 2.49. The van der Waals surface area contributed by atoms with Crippen LogP contribution in [-0.4, -0.2) is 59.2 Å². The van der Waals surface area contributed by atoms with E-state index in [1.165, 1.54) is 7.11 Å². The number of nitrogens with zero attached hydrogens (tertiary/aromatic N) is 4. The molecule has 7 rings (SSSR count). The lowest BCUT2D eigenvalue weighted by Gasteiger charge is -2.55. The molecule has 216 valence electrons. The highest BCUT2D eigenvalue weighted by Crippen LogP contribution is 2.50. The zero-order valence-corrected chi connectivity index (χ0v) is 24.6. The first-order chi connectivity index (χ1) is 20.2. The van der Waals surface area contributed by atoms with Gasteiger partial charge in [-0.15, -0.1) is 0 Å². The lowest BCUT2D eigenvalue weighted by atomic mass is 9.71. The normalized spacial score (nSPS) is 18.6. The fourth-order valence-electron chi connectivity index (χ4n) is 7.02. The van der Waals surface area contributed by atoms with E-state index in [-0.39, 0.29) is 17.0 Å². The lowest BCUT2D eigenvalue weighted by Crippen LogP contribution is -2.60. The molecule has 8 nitrogen and oxygen atoms in total. The largest absolute Gasteiger partial charge is 0.465 e. The summed E-state index contributed by atoms with van der Waals surface area (Å²) < 4.78 is 8.55. The third kappa shape index (κ3) is 4.23. The van der Waals surface area contributed by atoms with Gasteiger partial charge in [-0.1, -0.05) is 23.7 Å². The van der Waals surface area contributed by atoms with E-state index in [4.69, 9.17) is 16.3 Å². The van der Waals surface area contributed by atoms with Gasteiger partial charge in [0, 0.05) is 49.2 Å². The Morgan fingerprint density at radius 1 is 0.857 bits per heavy atom. The Hall–Kier alpha value is -4.04. The van der Waals surface area contributed by atoms with Gasteiger partial charge in [-0.05, 0) is 85.8 Å². The fraction of sp³-hybridized carbons (Fsp3) is 0.364. The van der Waals surface area contributed by atoms with Crippen LogP contribution < -0.4 is 10.6 Å². The monoisotopic (exact) mass is 584 g/mol. The Bertz CT molecular complexity index is 1770.